The van der Waals surface area contributed by atoms with Gasteiger partial charge in [0.2, 0.25) is 0 Å². The summed E-state index contributed by atoms with van der Waals surface area (Å²) in [7, 11) is 0. The summed E-state index contributed by atoms with van der Waals surface area (Å²) in [5.41, 5.74) is 3.55. The van der Waals surface area contributed by atoms with Gasteiger partial charge in [-0.2, -0.15) is 0 Å². The number of rotatable bonds is 0. The number of hydrogen-bond donors (Lipinski definition) is 1. The maximum atomic E-state index is 9.80. The van der Waals surface area contributed by atoms with E-state index >= 15 is 0 Å². The molecule has 0 radical (unpaired) electrons. The van der Waals surface area contributed by atoms with E-state index in [-0.39, 0.29) is 5.60 Å². The van der Waals surface area contributed by atoms with Crippen molar-refractivity contribution in [2.45, 2.75) is 69.8 Å². The van der Waals surface area contributed by atoms with Crippen LogP contribution in [-0.2, 0) is 11.2 Å². The molecular formula is C21H28O2. The number of aryl methyl sites for hydroxylation is 1. The van der Waals surface area contributed by atoms with Gasteiger partial charge in [-0.05, 0) is 97.8 Å². The summed E-state index contributed by atoms with van der Waals surface area (Å²) in [6.07, 6.45) is 10.3. The first-order valence-electron chi connectivity index (χ1n) is 9.59. The Hall–Kier alpha value is -1.02. The smallest absolute Gasteiger partial charge is 0.115 e. The number of ether oxygens (including phenoxy) is 1. The first-order valence-corrected chi connectivity index (χ1v) is 9.59. The summed E-state index contributed by atoms with van der Waals surface area (Å²) >= 11 is 0. The predicted molar refractivity (Wildman–Crippen MR) is 90.6 cm³/mol. The number of hydrogen-bond acceptors (Lipinski definition) is 2. The topological polar surface area (TPSA) is 29.5 Å². The lowest BCUT2D eigenvalue weighted by Gasteiger charge is -2.53. The van der Waals surface area contributed by atoms with Gasteiger partial charge in [-0.15, -0.1) is 0 Å². The minimum absolute atomic E-state index is 0.206. The lowest BCUT2D eigenvalue weighted by Crippen LogP contribution is -2.50. The fourth-order valence-corrected chi connectivity index (χ4v) is 7.01. The highest BCUT2D eigenvalue weighted by molar-refractivity contribution is 5.40. The number of fused-ring (bicyclic) bond motifs is 6. The van der Waals surface area contributed by atoms with Gasteiger partial charge in [-0.3, -0.25) is 0 Å². The molecule has 0 bridgehead atoms. The molecule has 1 heterocycles. The second-order valence-electron chi connectivity index (χ2n) is 8.74. The maximum Gasteiger partial charge on any atom is 0.115 e. The van der Waals surface area contributed by atoms with Crippen molar-refractivity contribution in [3.63, 3.8) is 0 Å². The number of phenolic OH excluding ortho intramolecular Hbond substituents is 1. The van der Waals surface area contributed by atoms with Crippen molar-refractivity contribution in [3.05, 3.63) is 29.3 Å². The first kappa shape index (κ1) is 14.3. The Morgan fingerprint density at radius 1 is 1.13 bits per heavy atom. The molecule has 124 valence electrons. The zero-order chi connectivity index (χ0) is 15.7. The van der Waals surface area contributed by atoms with Gasteiger partial charge >= 0.3 is 0 Å². The van der Waals surface area contributed by atoms with Crippen LogP contribution < -0.4 is 0 Å². The molecule has 3 aliphatic carbocycles. The molecule has 1 aromatic rings. The van der Waals surface area contributed by atoms with Crippen LogP contribution in [0.3, 0.4) is 0 Å². The van der Waals surface area contributed by atoms with E-state index in [0.717, 1.165) is 24.9 Å². The summed E-state index contributed by atoms with van der Waals surface area (Å²) in [5, 5.41) is 9.80. The molecule has 5 atom stereocenters. The van der Waals surface area contributed by atoms with E-state index < -0.39 is 0 Å². The molecule has 23 heavy (non-hydrogen) atoms. The van der Waals surface area contributed by atoms with E-state index in [9.17, 15) is 5.11 Å². The maximum absolute atomic E-state index is 9.80. The molecule has 2 saturated carbocycles. The lowest BCUT2D eigenvalue weighted by molar-refractivity contribution is -0.114. The SMILES string of the molecule is C[C@]12CCC3c4ccc(O)cc4CCC3C1CCC21CCCO1. The summed E-state index contributed by atoms with van der Waals surface area (Å²) in [6.45, 7) is 3.54. The first-order chi connectivity index (χ1) is 11.1. The molecule has 1 aliphatic heterocycles. The fourth-order valence-electron chi connectivity index (χ4n) is 7.01. The third-order valence-electron chi connectivity index (χ3n) is 8.10. The molecule has 4 aliphatic rings. The molecule has 3 fully saturated rings. The van der Waals surface area contributed by atoms with Crippen molar-refractivity contribution in [1.29, 1.82) is 0 Å². The van der Waals surface area contributed by atoms with Crippen LogP contribution in [0.15, 0.2) is 18.2 Å². The van der Waals surface area contributed by atoms with Crippen molar-refractivity contribution >= 4 is 0 Å². The largest absolute Gasteiger partial charge is 0.508 e. The minimum atomic E-state index is 0.206. The van der Waals surface area contributed by atoms with Crippen LogP contribution in [0.4, 0.5) is 0 Å². The van der Waals surface area contributed by atoms with Crippen LogP contribution in [0.5, 0.6) is 5.75 Å². The summed E-state index contributed by atoms with van der Waals surface area (Å²) in [6, 6.07) is 6.11. The highest BCUT2D eigenvalue weighted by Gasteiger charge is 2.63. The third-order valence-corrected chi connectivity index (χ3v) is 8.10. The second kappa shape index (κ2) is 4.75. The molecule has 1 aromatic carbocycles. The van der Waals surface area contributed by atoms with Crippen molar-refractivity contribution in [2.75, 3.05) is 6.61 Å². The summed E-state index contributed by atoms with van der Waals surface area (Å²) in [5.74, 6) is 2.81. The molecule has 0 aromatic heterocycles. The van der Waals surface area contributed by atoms with Crippen LogP contribution in [-0.4, -0.2) is 17.3 Å². The van der Waals surface area contributed by atoms with Crippen LogP contribution >= 0.6 is 0 Å². The summed E-state index contributed by atoms with van der Waals surface area (Å²) in [4.78, 5) is 0. The molecule has 1 spiro atoms. The Kier molecular flexibility index (Phi) is 2.96. The van der Waals surface area contributed by atoms with Gasteiger partial charge in [0.05, 0.1) is 5.60 Å². The monoisotopic (exact) mass is 312 g/mol. The van der Waals surface area contributed by atoms with Gasteiger partial charge in [-0.25, -0.2) is 0 Å². The van der Waals surface area contributed by atoms with E-state index in [0.29, 0.717) is 17.1 Å². The van der Waals surface area contributed by atoms with E-state index in [4.69, 9.17) is 4.74 Å². The standard InChI is InChI=1S/C21H28O2/c1-20-10-7-17-16-6-4-15(22)13-14(16)3-5-18(17)19(20)8-11-21(20)9-2-12-23-21/h4,6,13,17-19,22H,2-3,5,7-12H2,1H3/t17?,18?,19?,20-,21?/m0/s1. The van der Waals surface area contributed by atoms with Crippen LogP contribution in [0.25, 0.3) is 0 Å². The van der Waals surface area contributed by atoms with Gasteiger partial charge in [0.25, 0.3) is 0 Å². The number of benzene rings is 1. The van der Waals surface area contributed by atoms with E-state index in [2.05, 4.69) is 13.0 Å². The second-order valence-corrected chi connectivity index (χ2v) is 8.74. The Morgan fingerprint density at radius 2 is 2.04 bits per heavy atom. The molecule has 2 nitrogen and oxygen atoms in total. The zero-order valence-corrected chi connectivity index (χ0v) is 14.2. The van der Waals surface area contributed by atoms with E-state index in [1.165, 1.54) is 56.1 Å². The van der Waals surface area contributed by atoms with Crippen LogP contribution in [0.1, 0.15) is 68.9 Å². The molecular weight excluding hydrogens is 284 g/mol. The third kappa shape index (κ3) is 1.79. The normalized spacial score (nSPS) is 44.8. The fraction of sp³-hybridized carbons (Fsp3) is 0.714. The highest BCUT2D eigenvalue weighted by atomic mass is 16.5. The number of phenols is 1. The Labute approximate surface area is 139 Å². The molecule has 5 rings (SSSR count). The van der Waals surface area contributed by atoms with Crippen molar-refractivity contribution in [1.82, 2.24) is 0 Å². The van der Waals surface area contributed by atoms with Gasteiger partial charge in [-0.1, -0.05) is 13.0 Å². The van der Waals surface area contributed by atoms with Crippen molar-refractivity contribution in [3.8, 4) is 5.75 Å². The molecule has 4 unspecified atom stereocenters. The zero-order valence-electron chi connectivity index (χ0n) is 14.2. The quantitative estimate of drug-likeness (QED) is 0.746. The number of aromatic hydroxyl groups is 1. The minimum Gasteiger partial charge on any atom is -0.508 e. The Morgan fingerprint density at radius 3 is 2.87 bits per heavy atom. The molecule has 1 saturated heterocycles. The van der Waals surface area contributed by atoms with Gasteiger partial charge in [0.15, 0.2) is 0 Å². The van der Waals surface area contributed by atoms with E-state index in [1.807, 2.05) is 12.1 Å². The molecule has 2 heteroatoms. The van der Waals surface area contributed by atoms with Gasteiger partial charge in [0.1, 0.15) is 5.75 Å². The molecule has 1 N–H and O–H groups in total. The Balaban J connectivity index is 1.51. The average Bonchev–Trinajstić information content (AvgIpc) is 3.14. The van der Waals surface area contributed by atoms with E-state index in [1.54, 1.807) is 0 Å². The lowest BCUT2D eigenvalue weighted by atomic mass is 9.53. The van der Waals surface area contributed by atoms with Gasteiger partial charge in [0, 0.05) is 6.61 Å². The van der Waals surface area contributed by atoms with Crippen LogP contribution in [0, 0.1) is 17.3 Å². The Bertz CT molecular complexity index is 631. The van der Waals surface area contributed by atoms with Gasteiger partial charge < -0.3 is 9.84 Å². The average molecular weight is 312 g/mol. The molecule has 0 amide bonds. The van der Waals surface area contributed by atoms with Crippen molar-refractivity contribution in [2.24, 2.45) is 17.3 Å². The predicted octanol–water partition coefficient (Wildman–Crippen LogP) is 4.80. The highest BCUT2D eigenvalue weighted by Crippen LogP contribution is 2.67. The van der Waals surface area contributed by atoms with Crippen molar-refractivity contribution < 1.29 is 9.84 Å². The summed E-state index contributed by atoms with van der Waals surface area (Å²) < 4.78 is 6.41. The van der Waals surface area contributed by atoms with Crippen LogP contribution in [0.2, 0.25) is 0 Å².